The lowest BCUT2D eigenvalue weighted by atomic mass is 9.94. The van der Waals surface area contributed by atoms with Crippen molar-refractivity contribution in [1.29, 1.82) is 0 Å². The van der Waals surface area contributed by atoms with E-state index in [1.807, 2.05) is 42.5 Å². The first-order chi connectivity index (χ1) is 13.3. The molecule has 146 valence electrons. The van der Waals surface area contributed by atoms with E-state index in [-0.39, 0.29) is 18.3 Å². The van der Waals surface area contributed by atoms with Crippen LogP contribution in [0.3, 0.4) is 0 Å². The molecular formula is C21H23ClN4O2. The van der Waals surface area contributed by atoms with E-state index >= 15 is 0 Å². The number of benzene rings is 2. The van der Waals surface area contributed by atoms with Crippen LogP contribution in [-0.2, 0) is 13.0 Å². The second-order valence-corrected chi connectivity index (χ2v) is 6.85. The van der Waals surface area contributed by atoms with E-state index in [9.17, 15) is 4.79 Å². The average molecular weight is 399 g/mol. The van der Waals surface area contributed by atoms with Gasteiger partial charge >= 0.3 is 0 Å². The van der Waals surface area contributed by atoms with Crippen molar-refractivity contribution in [2.45, 2.75) is 19.4 Å². The molecule has 1 aliphatic rings. The van der Waals surface area contributed by atoms with Gasteiger partial charge in [-0.15, -0.1) is 12.4 Å². The molecule has 0 radical (unpaired) electrons. The van der Waals surface area contributed by atoms with Crippen LogP contribution in [0.1, 0.15) is 27.9 Å². The van der Waals surface area contributed by atoms with Crippen molar-refractivity contribution in [1.82, 2.24) is 20.8 Å². The SMILES string of the molecule is Cl.O=C(NCc1ccc(-c2ncon2)cc1)c1ccccc1CC1CCNC1. The Labute approximate surface area is 170 Å². The maximum Gasteiger partial charge on any atom is 0.251 e. The summed E-state index contributed by atoms with van der Waals surface area (Å²) in [4.78, 5) is 16.7. The van der Waals surface area contributed by atoms with Crippen LogP contribution in [0, 0.1) is 5.92 Å². The molecule has 2 N–H and O–H groups in total. The molecule has 0 bridgehead atoms. The number of aromatic nitrogens is 2. The fourth-order valence-electron chi connectivity index (χ4n) is 3.47. The number of halogens is 1. The molecule has 1 aromatic heterocycles. The second kappa shape index (κ2) is 9.48. The third-order valence-corrected chi connectivity index (χ3v) is 4.96. The Kier molecular flexibility index (Phi) is 6.79. The minimum Gasteiger partial charge on any atom is -0.348 e. The zero-order valence-corrected chi connectivity index (χ0v) is 16.2. The molecule has 0 aliphatic carbocycles. The Morgan fingerprint density at radius 2 is 2.00 bits per heavy atom. The molecule has 0 saturated carbocycles. The predicted molar refractivity (Wildman–Crippen MR) is 109 cm³/mol. The molecule has 1 aliphatic heterocycles. The topological polar surface area (TPSA) is 80.1 Å². The maximum atomic E-state index is 12.7. The Hall–Kier alpha value is -2.70. The van der Waals surface area contributed by atoms with Gasteiger partial charge in [-0.2, -0.15) is 4.98 Å². The number of rotatable bonds is 6. The number of hydrogen-bond donors (Lipinski definition) is 2. The maximum absolute atomic E-state index is 12.7. The predicted octanol–water partition coefficient (Wildman–Crippen LogP) is 3.24. The smallest absolute Gasteiger partial charge is 0.251 e. The summed E-state index contributed by atoms with van der Waals surface area (Å²) in [6.07, 6.45) is 3.42. The van der Waals surface area contributed by atoms with Crippen LogP contribution in [0.15, 0.2) is 59.4 Å². The van der Waals surface area contributed by atoms with Crippen molar-refractivity contribution in [2.24, 2.45) is 5.92 Å². The van der Waals surface area contributed by atoms with Gasteiger partial charge in [0.05, 0.1) is 0 Å². The minimum atomic E-state index is -0.0289. The van der Waals surface area contributed by atoms with Crippen molar-refractivity contribution in [3.8, 4) is 11.4 Å². The molecule has 0 spiro atoms. The number of nitrogens with one attached hydrogen (secondary N) is 2. The number of amides is 1. The Bertz CT molecular complexity index is 891. The molecule has 2 aromatic carbocycles. The van der Waals surface area contributed by atoms with Gasteiger partial charge in [0.15, 0.2) is 0 Å². The van der Waals surface area contributed by atoms with Gasteiger partial charge in [-0.1, -0.05) is 47.6 Å². The van der Waals surface area contributed by atoms with Crippen LogP contribution >= 0.6 is 12.4 Å². The van der Waals surface area contributed by atoms with Crippen LogP contribution in [0.4, 0.5) is 0 Å². The molecule has 28 heavy (non-hydrogen) atoms. The molecule has 1 saturated heterocycles. The summed E-state index contributed by atoms with van der Waals surface area (Å²) in [5, 5.41) is 10.2. The van der Waals surface area contributed by atoms with E-state index in [1.165, 1.54) is 12.8 Å². The lowest BCUT2D eigenvalue weighted by Crippen LogP contribution is -2.24. The molecular weight excluding hydrogens is 376 g/mol. The van der Waals surface area contributed by atoms with Gasteiger partial charge in [0.25, 0.3) is 5.91 Å². The molecule has 4 rings (SSSR count). The van der Waals surface area contributed by atoms with Gasteiger partial charge in [-0.05, 0) is 49.0 Å². The number of carbonyl (C=O) groups excluding carboxylic acids is 1. The van der Waals surface area contributed by atoms with Crippen LogP contribution in [0.5, 0.6) is 0 Å². The summed E-state index contributed by atoms with van der Waals surface area (Å²) < 4.78 is 4.76. The second-order valence-electron chi connectivity index (χ2n) is 6.85. The zero-order chi connectivity index (χ0) is 18.5. The van der Waals surface area contributed by atoms with E-state index in [0.29, 0.717) is 18.3 Å². The van der Waals surface area contributed by atoms with Crippen molar-refractivity contribution in [3.05, 3.63) is 71.6 Å². The van der Waals surface area contributed by atoms with Crippen LogP contribution in [0.2, 0.25) is 0 Å². The van der Waals surface area contributed by atoms with Crippen molar-refractivity contribution in [2.75, 3.05) is 13.1 Å². The summed E-state index contributed by atoms with van der Waals surface area (Å²) >= 11 is 0. The molecule has 2 heterocycles. The first-order valence-corrected chi connectivity index (χ1v) is 9.22. The highest BCUT2D eigenvalue weighted by Gasteiger charge is 2.18. The van der Waals surface area contributed by atoms with Gasteiger partial charge in [-0.3, -0.25) is 4.79 Å². The fourth-order valence-corrected chi connectivity index (χ4v) is 3.47. The first kappa shape index (κ1) is 20.0. The zero-order valence-electron chi connectivity index (χ0n) is 15.4. The molecule has 1 unspecified atom stereocenters. The highest BCUT2D eigenvalue weighted by molar-refractivity contribution is 5.95. The van der Waals surface area contributed by atoms with Gasteiger partial charge < -0.3 is 15.2 Å². The Morgan fingerprint density at radius 1 is 1.18 bits per heavy atom. The third kappa shape index (κ3) is 4.77. The molecule has 1 atom stereocenters. The molecule has 7 heteroatoms. The quantitative estimate of drug-likeness (QED) is 0.666. The summed E-state index contributed by atoms with van der Waals surface area (Å²) in [5.41, 5.74) is 3.80. The van der Waals surface area contributed by atoms with Crippen molar-refractivity contribution in [3.63, 3.8) is 0 Å². The van der Waals surface area contributed by atoms with Crippen molar-refractivity contribution < 1.29 is 9.32 Å². The standard InChI is InChI=1S/C21H22N4O2.ClH/c26-21(19-4-2-1-3-18(19)11-16-9-10-22-12-16)23-13-15-5-7-17(8-6-15)20-24-14-27-25-20;/h1-8,14,16,22H,9-13H2,(H,23,26);1H. The Balaban J connectivity index is 0.00000225. The van der Waals surface area contributed by atoms with Crippen molar-refractivity contribution >= 4 is 18.3 Å². The van der Waals surface area contributed by atoms with Gasteiger partial charge in [0.1, 0.15) is 0 Å². The molecule has 6 nitrogen and oxygen atoms in total. The monoisotopic (exact) mass is 398 g/mol. The van der Waals surface area contributed by atoms with Gasteiger partial charge in [0.2, 0.25) is 12.2 Å². The van der Waals surface area contributed by atoms with E-state index in [1.54, 1.807) is 0 Å². The van der Waals surface area contributed by atoms with Crippen LogP contribution in [-0.4, -0.2) is 29.1 Å². The Morgan fingerprint density at radius 3 is 2.71 bits per heavy atom. The first-order valence-electron chi connectivity index (χ1n) is 9.22. The van der Waals surface area contributed by atoms with Crippen LogP contribution in [0.25, 0.3) is 11.4 Å². The van der Waals surface area contributed by atoms with Gasteiger partial charge in [0, 0.05) is 17.7 Å². The normalized spacial score (nSPS) is 15.8. The van der Waals surface area contributed by atoms with Gasteiger partial charge in [-0.25, -0.2) is 0 Å². The van der Waals surface area contributed by atoms with E-state index in [0.717, 1.165) is 41.8 Å². The summed E-state index contributed by atoms with van der Waals surface area (Å²) in [6.45, 7) is 2.58. The number of nitrogens with zero attached hydrogens (tertiary/aromatic N) is 2. The van der Waals surface area contributed by atoms with Crippen LogP contribution < -0.4 is 10.6 Å². The lowest BCUT2D eigenvalue weighted by molar-refractivity contribution is 0.0950. The summed E-state index contributed by atoms with van der Waals surface area (Å²) in [7, 11) is 0. The van der Waals surface area contributed by atoms with E-state index < -0.39 is 0 Å². The third-order valence-electron chi connectivity index (χ3n) is 4.96. The summed E-state index contributed by atoms with van der Waals surface area (Å²) in [5.74, 6) is 1.14. The molecule has 3 aromatic rings. The van der Waals surface area contributed by atoms with E-state index in [2.05, 4.69) is 26.8 Å². The number of carbonyl (C=O) groups is 1. The number of hydrogen-bond acceptors (Lipinski definition) is 5. The highest BCUT2D eigenvalue weighted by atomic mass is 35.5. The molecule has 1 amide bonds. The van der Waals surface area contributed by atoms with E-state index in [4.69, 9.17) is 4.52 Å². The highest BCUT2D eigenvalue weighted by Crippen LogP contribution is 2.19. The average Bonchev–Trinajstić information content (AvgIpc) is 3.41. The molecule has 1 fully saturated rings. The summed E-state index contributed by atoms with van der Waals surface area (Å²) in [6, 6.07) is 15.7. The fraction of sp³-hybridized carbons (Fsp3) is 0.286. The largest absolute Gasteiger partial charge is 0.348 e. The minimum absolute atomic E-state index is 0. The lowest BCUT2D eigenvalue weighted by Gasteiger charge is -2.13.